The number of ether oxygens (including phenoxy) is 2. The standard InChI is InChI=1S/C30H45NO3/c1-2-3-4-5-6-7-8-9-10-11-12-13-15-19-27-20-18-23-29(26-27)33-24-25-34-30(32)31-28-21-16-14-17-22-28/h14,16-18,20-23,26H,2-13,15,19,24-25H2,1H3,(H,31,32). The first-order valence-electron chi connectivity index (χ1n) is 13.5. The predicted molar refractivity (Wildman–Crippen MR) is 143 cm³/mol. The van der Waals surface area contributed by atoms with Crippen LogP contribution in [-0.2, 0) is 11.2 Å². The first-order valence-corrected chi connectivity index (χ1v) is 13.5. The normalized spacial score (nSPS) is 10.7. The lowest BCUT2D eigenvalue weighted by Gasteiger charge is -2.10. The third kappa shape index (κ3) is 13.9. The molecule has 0 spiro atoms. The molecule has 1 N–H and O–H groups in total. The number of para-hydroxylation sites is 1. The molecule has 4 heteroatoms. The number of benzene rings is 2. The Balaban J connectivity index is 1.45. The molecule has 2 rings (SSSR count). The number of carbonyl (C=O) groups is 1. The quantitative estimate of drug-likeness (QED) is 0.210. The minimum atomic E-state index is -0.467. The summed E-state index contributed by atoms with van der Waals surface area (Å²) in [5.41, 5.74) is 2.03. The molecule has 0 aliphatic rings. The monoisotopic (exact) mass is 467 g/mol. The van der Waals surface area contributed by atoms with Crippen molar-refractivity contribution in [1.82, 2.24) is 0 Å². The first-order chi connectivity index (χ1) is 16.8. The van der Waals surface area contributed by atoms with E-state index in [0.29, 0.717) is 12.3 Å². The van der Waals surface area contributed by atoms with Gasteiger partial charge in [0.2, 0.25) is 0 Å². The van der Waals surface area contributed by atoms with Gasteiger partial charge in [-0.2, -0.15) is 0 Å². The van der Waals surface area contributed by atoms with Gasteiger partial charge in [0.15, 0.2) is 0 Å². The van der Waals surface area contributed by atoms with Gasteiger partial charge in [0, 0.05) is 5.69 Å². The van der Waals surface area contributed by atoms with Crippen molar-refractivity contribution in [3.05, 3.63) is 60.2 Å². The van der Waals surface area contributed by atoms with Crippen LogP contribution in [0.2, 0.25) is 0 Å². The maximum atomic E-state index is 11.8. The van der Waals surface area contributed by atoms with Crippen molar-refractivity contribution in [3.8, 4) is 5.75 Å². The van der Waals surface area contributed by atoms with Gasteiger partial charge in [-0.15, -0.1) is 0 Å². The Morgan fingerprint density at radius 3 is 1.97 bits per heavy atom. The van der Waals surface area contributed by atoms with Crippen LogP contribution in [0, 0.1) is 0 Å². The van der Waals surface area contributed by atoms with Gasteiger partial charge in [0.05, 0.1) is 0 Å². The molecule has 0 aliphatic heterocycles. The molecule has 4 nitrogen and oxygen atoms in total. The lowest BCUT2D eigenvalue weighted by atomic mass is 10.0. The zero-order valence-corrected chi connectivity index (χ0v) is 21.2. The zero-order chi connectivity index (χ0) is 24.1. The first kappa shape index (κ1) is 27.8. The number of hydrogen-bond donors (Lipinski definition) is 1. The third-order valence-electron chi connectivity index (χ3n) is 6.07. The van der Waals surface area contributed by atoms with Gasteiger partial charge in [-0.3, -0.25) is 5.32 Å². The molecule has 0 saturated carbocycles. The molecule has 2 aromatic rings. The molecule has 0 unspecified atom stereocenters. The number of hydrogen-bond acceptors (Lipinski definition) is 3. The number of carbonyl (C=O) groups excluding carboxylic acids is 1. The Bertz CT molecular complexity index is 763. The fourth-order valence-electron chi connectivity index (χ4n) is 4.11. The van der Waals surface area contributed by atoms with Crippen LogP contribution in [0.5, 0.6) is 5.75 Å². The smallest absolute Gasteiger partial charge is 0.411 e. The van der Waals surface area contributed by atoms with Crippen molar-refractivity contribution >= 4 is 11.8 Å². The molecule has 0 saturated heterocycles. The number of anilines is 1. The average molecular weight is 468 g/mol. The fourth-order valence-corrected chi connectivity index (χ4v) is 4.11. The third-order valence-corrected chi connectivity index (χ3v) is 6.07. The van der Waals surface area contributed by atoms with Crippen molar-refractivity contribution in [1.29, 1.82) is 0 Å². The number of rotatable bonds is 19. The second kappa shape index (κ2) is 18.9. The van der Waals surface area contributed by atoms with Gasteiger partial charge in [0.25, 0.3) is 0 Å². The van der Waals surface area contributed by atoms with Gasteiger partial charge in [-0.25, -0.2) is 4.79 Å². The number of aryl methyl sites for hydroxylation is 1. The van der Waals surface area contributed by atoms with Crippen molar-refractivity contribution in [2.45, 2.75) is 96.8 Å². The van der Waals surface area contributed by atoms with Gasteiger partial charge >= 0.3 is 6.09 Å². The minimum Gasteiger partial charge on any atom is -0.490 e. The molecule has 0 bridgehead atoms. The maximum Gasteiger partial charge on any atom is 0.411 e. The van der Waals surface area contributed by atoms with Gasteiger partial charge in [0.1, 0.15) is 19.0 Å². The largest absolute Gasteiger partial charge is 0.490 e. The maximum absolute atomic E-state index is 11.8. The van der Waals surface area contributed by atoms with Gasteiger partial charge in [-0.05, 0) is 42.7 Å². The molecule has 2 aromatic carbocycles. The van der Waals surface area contributed by atoms with Crippen molar-refractivity contribution in [2.75, 3.05) is 18.5 Å². The summed E-state index contributed by atoms with van der Waals surface area (Å²) in [5, 5.41) is 2.69. The van der Waals surface area contributed by atoms with E-state index in [-0.39, 0.29) is 6.61 Å². The lowest BCUT2D eigenvalue weighted by Crippen LogP contribution is -2.17. The molecule has 188 valence electrons. The van der Waals surface area contributed by atoms with Crippen LogP contribution in [0.15, 0.2) is 54.6 Å². The van der Waals surface area contributed by atoms with Gasteiger partial charge in [-0.1, -0.05) is 114 Å². The van der Waals surface area contributed by atoms with Crippen molar-refractivity contribution in [2.24, 2.45) is 0 Å². The molecule has 0 fully saturated rings. The van der Waals surface area contributed by atoms with Crippen LogP contribution in [0.4, 0.5) is 10.5 Å². The molecule has 1 amide bonds. The van der Waals surface area contributed by atoms with E-state index in [1.807, 2.05) is 42.5 Å². The Morgan fingerprint density at radius 1 is 0.706 bits per heavy atom. The van der Waals surface area contributed by atoms with Gasteiger partial charge < -0.3 is 9.47 Å². The van der Waals surface area contributed by atoms with E-state index in [9.17, 15) is 4.79 Å². The highest BCUT2D eigenvalue weighted by Crippen LogP contribution is 2.17. The summed E-state index contributed by atoms with van der Waals surface area (Å²) in [5.74, 6) is 0.833. The second-order valence-corrected chi connectivity index (χ2v) is 9.12. The van der Waals surface area contributed by atoms with E-state index < -0.39 is 6.09 Å². The highest BCUT2D eigenvalue weighted by molar-refractivity contribution is 5.84. The summed E-state index contributed by atoms with van der Waals surface area (Å²) in [4.78, 5) is 11.8. The van der Waals surface area contributed by atoms with E-state index in [4.69, 9.17) is 9.47 Å². The van der Waals surface area contributed by atoms with E-state index >= 15 is 0 Å². The highest BCUT2D eigenvalue weighted by Gasteiger charge is 2.03. The number of amides is 1. The summed E-state index contributed by atoms with van der Waals surface area (Å²) < 4.78 is 10.9. The number of unbranched alkanes of at least 4 members (excludes halogenated alkanes) is 12. The molecule has 0 aliphatic carbocycles. The lowest BCUT2D eigenvalue weighted by molar-refractivity contribution is 0.138. The summed E-state index contributed by atoms with van der Waals surface area (Å²) in [6, 6.07) is 17.5. The zero-order valence-electron chi connectivity index (χ0n) is 21.2. The van der Waals surface area contributed by atoms with Crippen LogP contribution in [0.1, 0.15) is 96.0 Å². The van der Waals surface area contributed by atoms with Crippen LogP contribution in [-0.4, -0.2) is 19.3 Å². The highest BCUT2D eigenvalue weighted by atomic mass is 16.6. The fraction of sp³-hybridized carbons (Fsp3) is 0.567. The van der Waals surface area contributed by atoms with Crippen LogP contribution < -0.4 is 10.1 Å². The Labute approximate surface area is 207 Å². The Hall–Kier alpha value is -2.49. The summed E-state index contributed by atoms with van der Waals surface area (Å²) in [6.07, 6.45) is 18.5. The molecule has 0 aromatic heterocycles. The molecule has 0 radical (unpaired) electrons. The Kier molecular flexibility index (Phi) is 15.4. The molecule has 0 heterocycles. The van der Waals surface area contributed by atoms with E-state index in [2.05, 4.69) is 24.4 Å². The Morgan fingerprint density at radius 2 is 1.32 bits per heavy atom. The SMILES string of the molecule is CCCCCCCCCCCCCCCc1cccc(OCCOC(=O)Nc2ccccc2)c1. The predicted octanol–water partition coefficient (Wildman–Crippen LogP) is 8.95. The summed E-state index contributed by atoms with van der Waals surface area (Å²) in [7, 11) is 0. The minimum absolute atomic E-state index is 0.210. The van der Waals surface area contributed by atoms with Crippen LogP contribution in [0.25, 0.3) is 0 Å². The summed E-state index contributed by atoms with van der Waals surface area (Å²) >= 11 is 0. The van der Waals surface area contributed by atoms with Crippen LogP contribution >= 0.6 is 0 Å². The van der Waals surface area contributed by atoms with Crippen molar-refractivity contribution < 1.29 is 14.3 Å². The van der Waals surface area contributed by atoms with E-state index in [1.165, 1.54) is 89.0 Å². The van der Waals surface area contributed by atoms with E-state index in [1.54, 1.807) is 0 Å². The molecular formula is C30H45NO3. The molecular weight excluding hydrogens is 422 g/mol. The second-order valence-electron chi connectivity index (χ2n) is 9.12. The van der Waals surface area contributed by atoms with Crippen molar-refractivity contribution in [3.63, 3.8) is 0 Å². The average Bonchev–Trinajstić information content (AvgIpc) is 2.85. The molecule has 34 heavy (non-hydrogen) atoms. The summed E-state index contributed by atoms with van der Waals surface area (Å²) in [6.45, 7) is 2.83. The molecule has 0 atom stereocenters. The topological polar surface area (TPSA) is 47.6 Å². The van der Waals surface area contributed by atoms with E-state index in [0.717, 1.165) is 12.2 Å². The van der Waals surface area contributed by atoms with Crippen LogP contribution in [0.3, 0.4) is 0 Å². The number of nitrogens with one attached hydrogen (secondary N) is 1.